The highest BCUT2D eigenvalue weighted by molar-refractivity contribution is 5.48. The second kappa shape index (κ2) is 8.91. The minimum atomic E-state index is -1.48. The van der Waals surface area contributed by atoms with Gasteiger partial charge in [-0.25, -0.2) is 0 Å². The van der Waals surface area contributed by atoms with Gasteiger partial charge < -0.3 is 30.3 Å². The van der Waals surface area contributed by atoms with Gasteiger partial charge in [-0.05, 0) is 34.6 Å². The van der Waals surface area contributed by atoms with Crippen LogP contribution in [0.4, 0.5) is 17.8 Å². The van der Waals surface area contributed by atoms with E-state index in [4.69, 9.17) is 4.74 Å². The van der Waals surface area contributed by atoms with E-state index in [1.807, 2.05) is 0 Å². The van der Waals surface area contributed by atoms with Gasteiger partial charge in [0.2, 0.25) is 17.8 Å². The van der Waals surface area contributed by atoms with Crippen molar-refractivity contribution in [2.75, 3.05) is 42.0 Å². The second-order valence-corrected chi connectivity index (χ2v) is 6.78. The monoisotopic (exact) mass is 390 g/mol. The number of anilines is 3. The molecule has 1 aromatic heterocycles. The Hall–Kier alpha value is -1.83. The van der Waals surface area contributed by atoms with Crippen LogP contribution in [0.1, 0.15) is 34.6 Å². The fraction of sp³-hybridized carbons (Fsp3) is 0.800. The maximum absolute atomic E-state index is 10.7. The quantitative estimate of drug-likeness (QED) is 0.298. The highest BCUT2D eigenvalue weighted by Gasteiger charge is 2.40. The van der Waals surface area contributed by atoms with E-state index in [0.717, 1.165) is 9.80 Å². The first-order valence-corrected chi connectivity index (χ1v) is 8.29. The highest BCUT2D eigenvalue weighted by Crippen LogP contribution is 2.31. The number of aliphatic hydroxyl groups excluding tert-OH is 4. The van der Waals surface area contributed by atoms with Gasteiger partial charge in [-0.15, -0.1) is 0 Å². The first kappa shape index (κ1) is 23.2. The lowest BCUT2D eigenvalue weighted by Gasteiger charge is -2.44. The van der Waals surface area contributed by atoms with Crippen LogP contribution < -0.4 is 14.7 Å². The van der Waals surface area contributed by atoms with Crippen LogP contribution in [0.5, 0.6) is 0 Å². The highest BCUT2D eigenvalue weighted by atomic mass is 16.5. The summed E-state index contributed by atoms with van der Waals surface area (Å²) in [4.78, 5) is 16.0. The Bertz CT molecular complexity index is 605. The molecule has 0 fully saturated rings. The minimum Gasteiger partial charge on any atom is -0.376 e. The number of aromatic nitrogens is 3. The number of nitrogens with zero attached hydrogens (tertiary/aromatic N) is 6. The lowest BCUT2D eigenvalue weighted by Crippen LogP contribution is -2.58. The molecule has 0 aromatic carbocycles. The van der Waals surface area contributed by atoms with Crippen LogP contribution in [0.15, 0.2) is 0 Å². The van der Waals surface area contributed by atoms with Gasteiger partial charge in [0.25, 0.3) is 0 Å². The molecule has 0 aliphatic carbocycles. The number of ether oxygens (including phenoxy) is 1. The molecule has 1 unspecified atom stereocenters. The molecule has 1 rings (SSSR count). The van der Waals surface area contributed by atoms with E-state index in [2.05, 4.69) is 15.0 Å². The molecule has 27 heavy (non-hydrogen) atoms. The molecule has 156 valence electrons. The van der Waals surface area contributed by atoms with Crippen molar-refractivity contribution in [2.24, 2.45) is 0 Å². The molecule has 0 amide bonds. The zero-order valence-electron chi connectivity index (χ0n) is 16.5. The number of methoxy groups -OCH3 is 1. The van der Waals surface area contributed by atoms with Crippen molar-refractivity contribution in [2.45, 2.75) is 52.3 Å². The minimum absolute atomic E-state index is 0.0552. The molecular weight excluding hydrogens is 360 g/mol. The predicted molar refractivity (Wildman–Crippen MR) is 97.6 cm³/mol. The Balaban J connectivity index is 3.71. The van der Waals surface area contributed by atoms with Gasteiger partial charge in [0.15, 0.2) is 0 Å². The van der Waals surface area contributed by atoms with Gasteiger partial charge in [-0.2, -0.15) is 15.0 Å². The normalized spacial score (nSPS) is 13.4. The van der Waals surface area contributed by atoms with E-state index in [0.29, 0.717) is 0 Å². The zero-order valence-corrected chi connectivity index (χ0v) is 16.5. The van der Waals surface area contributed by atoms with Gasteiger partial charge in [-0.1, -0.05) is 0 Å². The number of hydrogen-bond donors (Lipinski definition) is 5. The van der Waals surface area contributed by atoms with Crippen LogP contribution in [0, 0.1) is 0 Å². The van der Waals surface area contributed by atoms with E-state index < -0.39 is 37.9 Å². The Kier molecular flexibility index (Phi) is 7.66. The Labute approximate surface area is 158 Å². The lowest BCUT2D eigenvalue weighted by molar-refractivity contribution is -0.0479. The van der Waals surface area contributed by atoms with E-state index in [1.165, 1.54) is 32.8 Å². The molecular formula is C15H30N6O6. The molecule has 0 aliphatic rings. The molecule has 0 bridgehead atoms. The van der Waals surface area contributed by atoms with E-state index in [-0.39, 0.29) is 17.8 Å². The van der Waals surface area contributed by atoms with Crippen molar-refractivity contribution >= 4 is 17.8 Å². The lowest BCUT2D eigenvalue weighted by atomic mass is 10.1. The summed E-state index contributed by atoms with van der Waals surface area (Å²) < 4.78 is 5.45. The third-order valence-corrected chi connectivity index (χ3v) is 3.87. The first-order chi connectivity index (χ1) is 12.4. The molecule has 12 heteroatoms. The summed E-state index contributed by atoms with van der Waals surface area (Å²) in [7, 11) is 1.45. The van der Waals surface area contributed by atoms with Crippen LogP contribution in [0.3, 0.4) is 0 Å². The summed E-state index contributed by atoms with van der Waals surface area (Å²) in [5.74, 6) is -0.304. The number of aliphatic hydroxyl groups is 5. The van der Waals surface area contributed by atoms with E-state index >= 15 is 0 Å². The summed E-state index contributed by atoms with van der Waals surface area (Å²) in [6, 6.07) is 0. The smallest absolute Gasteiger partial charge is 0.236 e. The van der Waals surface area contributed by atoms with Crippen molar-refractivity contribution < 1.29 is 30.3 Å². The van der Waals surface area contributed by atoms with Crippen LogP contribution in [0.2, 0.25) is 0 Å². The summed E-state index contributed by atoms with van der Waals surface area (Å²) >= 11 is 0. The molecule has 0 spiro atoms. The molecule has 0 aliphatic heterocycles. The standard InChI is InChI=1S/C15H30N6O6/c1-10(25)20(9-24)12-16-11(19(7-22)8-23)17-13(18-12)21(14(2,3)26)15(4,5)27-6/h10,22-26H,7-9H2,1-6H3. The van der Waals surface area contributed by atoms with Gasteiger partial charge in [0.1, 0.15) is 37.9 Å². The third kappa shape index (κ3) is 5.34. The molecule has 5 N–H and O–H groups in total. The molecule has 0 saturated carbocycles. The van der Waals surface area contributed by atoms with Crippen LogP contribution in [-0.2, 0) is 4.74 Å². The fourth-order valence-electron chi connectivity index (χ4n) is 2.47. The predicted octanol–water partition coefficient (Wildman–Crippen LogP) is -1.41. The van der Waals surface area contributed by atoms with Gasteiger partial charge in [0, 0.05) is 7.11 Å². The van der Waals surface area contributed by atoms with Crippen molar-refractivity contribution in [3.63, 3.8) is 0 Å². The van der Waals surface area contributed by atoms with E-state index in [1.54, 1.807) is 13.8 Å². The average molecular weight is 390 g/mol. The average Bonchev–Trinajstić information content (AvgIpc) is 2.54. The first-order valence-electron chi connectivity index (χ1n) is 8.29. The third-order valence-electron chi connectivity index (χ3n) is 3.87. The van der Waals surface area contributed by atoms with Crippen LogP contribution >= 0.6 is 0 Å². The maximum Gasteiger partial charge on any atom is 0.236 e. The SMILES string of the molecule is COC(C)(C)N(c1nc(N(CO)CO)nc(N(CO)C(C)O)n1)C(C)(C)O. The Morgan fingerprint density at radius 2 is 1.41 bits per heavy atom. The fourth-order valence-corrected chi connectivity index (χ4v) is 2.47. The number of hydrogen-bond acceptors (Lipinski definition) is 12. The van der Waals surface area contributed by atoms with E-state index in [9.17, 15) is 25.5 Å². The Morgan fingerprint density at radius 1 is 0.926 bits per heavy atom. The number of rotatable bonds is 10. The molecule has 12 nitrogen and oxygen atoms in total. The summed E-state index contributed by atoms with van der Waals surface area (Å²) in [5.41, 5.74) is -2.54. The van der Waals surface area contributed by atoms with Crippen molar-refractivity contribution in [1.29, 1.82) is 0 Å². The molecule has 1 atom stereocenters. The topological polar surface area (TPSA) is 159 Å². The van der Waals surface area contributed by atoms with Crippen molar-refractivity contribution in [3.05, 3.63) is 0 Å². The van der Waals surface area contributed by atoms with Crippen molar-refractivity contribution in [1.82, 2.24) is 15.0 Å². The molecule has 0 radical (unpaired) electrons. The second-order valence-electron chi connectivity index (χ2n) is 6.78. The summed E-state index contributed by atoms with van der Waals surface area (Å²) in [6.07, 6.45) is -1.14. The summed E-state index contributed by atoms with van der Waals surface area (Å²) in [5, 5.41) is 49.0. The van der Waals surface area contributed by atoms with Crippen LogP contribution in [-0.4, -0.2) is 85.5 Å². The maximum atomic E-state index is 10.7. The largest absolute Gasteiger partial charge is 0.376 e. The van der Waals surface area contributed by atoms with Crippen molar-refractivity contribution in [3.8, 4) is 0 Å². The zero-order chi connectivity index (χ0) is 21.0. The van der Waals surface area contributed by atoms with Gasteiger partial charge in [0.05, 0.1) is 0 Å². The molecule has 0 saturated heterocycles. The molecule has 1 aromatic rings. The van der Waals surface area contributed by atoms with Crippen LogP contribution in [0.25, 0.3) is 0 Å². The molecule has 1 heterocycles. The van der Waals surface area contributed by atoms with Gasteiger partial charge in [-0.3, -0.25) is 14.7 Å². The van der Waals surface area contributed by atoms with Gasteiger partial charge >= 0.3 is 0 Å². The Morgan fingerprint density at radius 3 is 1.78 bits per heavy atom. The summed E-state index contributed by atoms with van der Waals surface area (Å²) in [6.45, 7) is 5.99.